The van der Waals surface area contributed by atoms with Crippen molar-refractivity contribution in [2.24, 2.45) is 0 Å². The summed E-state index contributed by atoms with van der Waals surface area (Å²) in [6, 6.07) is 8.99. The fraction of sp³-hybridized carbons (Fsp3) is 0.231. The molecule has 0 unspecified atom stereocenters. The van der Waals surface area contributed by atoms with E-state index in [1.807, 2.05) is 30.1 Å². The number of nitrogens with zero attached hydrogens (tertiary/aromatic N) is 2. The molecule has 1 aromatic heterocycles. The summed E-state index contributed by atoms with van der Waals surface area (Å²) >= 11 is 7.43. The molecule has 19 heavy (non-hydrogen) atoms. The predicted molar refractivity (Wildman–Crippen MR) is 79.3 cm³/mol. The highest BCUT2D eigenvalue weighted by atomic mass is 35.5. The Bertz CT molecular complexity index is 612. The Morgan fingerprint density at radius 1 is 1.37 bits per heavy atom. The van der Waals surface area contributed by atoms with Crippen LogP contribution in [0.5, 0.6) is 0 Å². The highest BCUT2D eigenvalue weighted by Gasteiger charge is 2.12. The van der Waals surface area contributed by atoms with Crippen molar-refractivity contribution >= 4 is 34.3 Å². The topological polar surface area (TPSA) is 46.4 Å². The zero-order valence-electron chi connectivity index (χ0n) is 10.6. The van der Waals surface area contributed by atoms with Crippen molar-refractivity contribution in [2.75, 3.05) is 11.9 Å². The molecule has 0 fully saturated rings. The second-order valence-corrected chi connectivity index (χ2v) is 6.09. The Labute approximate surface area is 120 Å². The summed E-state index contributed by atoms with van der Waals surface area (Å²) in [5.41, 5.74) is 1.77. The summed E-state index contributed by atoms with van der Waals surface area (Å²) in [7, 11) is 1.95. The fourth-order valence-electron chi connectivity index (χ4n) is 1.84. The minimum atomic E-state index is -0.363. The molecular formula is C13H13ClN2O2S. The summed E-state index contributed by atoms with van der Waals surface area (Å²) < 4.78 is 0.767. The van der Waals surface area contributed by atoms with Crippen LogP contribution in [0.3, 0.4) is 0 Å². The van der Waals surface area contributed by atoms with Gasteiger partial charge in [0, 0.05) is 29.2 Å². The Morgan fingerprint density at radius 2 is 2.11 bits per heavy atom. The van der Waals surface area contributed by atoms with Crippen LogP contribution in [0.1, 0.15) is 10.4 Å². The van der Waals surface area contributed by atoms with Crippen molar-refractivity contribution in [1.29, 1.82) is 0 Å². The number of hydrogen-bond donors (Lipinski definition) is 0. The van der Waals surface area contributed by atoms with Crippen LogP contribution in [0.4, 0.5) is 11.4 Å². The first-order valence-corrected chi connectivity index (χ1v) is 6.87. The van der Waals surface area contributed by atoms with Gasteiger partial charge in [-0.2, -0.15) is 0 Å². The predicted octanol–water partition coefficient (Wildman–Crippen LogP) is 4.25. The second-order valence-electron chi connectivity index (χ2n) is 4.29. The number of halogens is 1. The molecule has 1 aromatic carbocycles. The van der Waals surface area contributed by atoms with Gasteiger partial charge in [-0.05, 0) is 31.2 Å². The molecule has 4 nitrogen and oxygen atoms in total. The normalized spacial score (nSPS) is 10.5. The highest BCUT2D eigenvalue weighted by Crippen LogP contribution is 2.27. The lowest BCUT2D eigenvalue weighted by Crippen LogP contribution is -2.15. The van der Waals surface area contributed by atoms with Gasteiger partial charge in [-0.3, -0.25) is 10.1 Å². The van der Waals surface area contributed by atoms with E-state index in [9.17, 15) is 10.1 Å². The van der Waals surface area contributed by atoms with Crippen molar-refractivity contribution < 1.29 is 4.92 Å². The van der Waals surface area contributed by atoms with Gasteiger partial charge in [0.2, 0.25) is 0 Å². The molecule has 0 bridgehead atoms. The quantitative estimate of drug-likeness (QED) is 0.626. The minimum Gasteiger partial charge on any atom is -0.369 e. The lowest BCUT2D eigenvalue weighted by molar-refractivity contribution is -0.385. The molecule has 6 heteroatoms. The third kappa shape index (κ3) is 3.24. The van der Waals surface area contributed by atoms with Crippen LogP contribution in [0, 0.1) is 17.0 Å². The lowest BCUT2D eigenvalue weighted by atomic mass is 10.1. The summed E-state index contributed by atoms with van der Waals surface area (Å²) in [5, 5.41) is 10.8. The monoisotopic (exact) mass is 296 g/mol. The van der Waals surface area contributed by atoms with Crippen LogP contribution < -0.4 is 4.90 Å². The van der Waals surface area contributed by atoms with E-state index in [1.54, 1.807) is 19.1 Å². The largest absolute Gasteiger partial charge is 0.369 e. The van der Waals surface area contributed by atoms with Gasteiger partial charge < -0.3 is 4.90 Å². The van der Waals surface area contributed by atoms with E-state index < -0.39 is 0 Å². The molecular weight excluding hydrogens is 284 g/mol. The van der Waals surface area contributed by atoms with E-state index >= 15 is 0 Å². The first kappa shape index (κ1) is 13.8. The minimum absolute atomic E-state index is 0.149. The standard InChI is InChI=1S/C13H13ClN2O2S/c1-9-7-10(3-5-12(9)16(17)18)15(2)8-11-4-6-13(14)19-11/h3-7H,8H2,1-2H3. The highest BCUT2D eigenvalue weighted by molar-refractivity contribution is 7.16. The number of thiophene rings is 1. The van der Waals surface area contributed by atoms with E-state index in [0.717, 1.165) is 21.4 Å². The molecule has 100 valence electrons. The maximum atomic E-state index is 10.8. The van der Waals surface area contributed by atoms with Crippen molar-refractivity contribution in [2.45, 2.75) is 13.5 Å². The van der Waals surface area contributed by atoms with Crippen LogP contribution in [0.2, 0.25) is 4.34 Å². The molecule has 2 aromatic rings. The third-order valence-electron chi connectivity index (χ3n) is 2.84. The van der Waals surface area contributed by atoms with Crippen LogP contribution >= 0.6 is 22.9 Å². The third-order valence-corrected chi connectivity index (χ3v) is 4.06. The Hall–Kier alpha value is -1.59. The van der Waals surface area contributed by atoms with Gasteiger partial charge in [0.05, 0.1) is 15.8 Å². The molecule has 0 N–H and O–H groups in total. The summed E-state index contributed by atoms with van der Waals surface area (Å²) in [5.74, 6) is 0. The molecule has 2 rings (SSSR count). The molecule has 0 aliphatic rings. The molecule has 0 saturated carbocycles. The summed E-state index contributed by atoms with van der Waals surface area (Å²) in [6.07, 6.45) is 0. The van der Waals surface area contributed by atoms with Gasteiger partial charge in [-0.25, -0.2) is 0 Å². The van der Waals surface area contributed by atoms with Crippen molar-refractivity contribution in [3.63, 3.8) is 0 Å². The van der Waals surface area contributed by atoms with Gasteiger partial charge in [-0.1, -0.05) is 11.6 Å². The Kier molecular flexibility index (Phi) is 4.07. The lowest BCUT2D eigenvalue weighted by Gasteiger charge is -2.18. The smallest absolute Gasteiger partial charge is 0.272 e. The molecule has 1 heterocycles. The number of benzene rings is 1. The summed E-state index contributed by atoms with van der Waals surface area (Å²) in [6.45, 7) is 2.48. The number of anilines is 1. The number of rotatable bonds is 4. The Balaban J connectivity index is 2.17. The molecule has 0 atom stereocenters. The van der Waals surface area contributed by atoms with Gasteiger partial charge in [0.1, 0.15) is 0 Å². The zero-order chi connectivity index (χ0) is 14.0. The molecule has 0 aliphatic heterocycles. The van der Waals surface area contributed by atoms with Gasteiger partial charge >= 0.3 is 0 Å². The fourth-order valence-corrected chi connectivity index (χ4v) is 2.98. The number of aryl methyl sites for hydroxylation is 1. The maximum absolute atomic E-state index is 10.8. The van der Waals surface area contributed by atoms with Crippen LogP contribution in [0.25, 0.3) is 0 Å². The Morgan fingerprint density at radius 3 is 2.63 bits per heavy atom. The van der Waals surface area contributed by atoms with Gasteiger partial charge in [0.25, 0.3) is 5.69 Å². The van der Waals surface area contributed by atoms with Crippen molar-refractivity contribution in [3.05, 3.63) is 55.2 Å². The molecule has 0 radical (unpaired) electrons. The summed E-state index contributed by atoms with van der Waals surface area (Å²) in [4.78, 5) is 13.6. The number of hydrogen-bond acceptors (Lipinski definition) is 4. The van der Waals surface area contributed by atoms with Crippen LogP contribution in [0.15, 0.2) is 30.3 Å². The van der Waals surface area contributed by atoms with Crippen LogP contribution in [-0.4, -0.2) is 12.0 Å². The van der Waals surface area contributed by atoms with E-state index in [2.05, 4.69) is 0 Å². The first-order chi connectivity index (χ1) is 8.97. The maximum Gasteiger partial charge on any atom is 0.272 e. The zero-order valence-corrected chi connectivity index (χ0v) is 12.2. The van der Waals surface area contributed by atoms with E-state index in [-0.39, 0.29) is 10.6 Å². The van der Waals surface area contributed by atoms with Crippen molar-refractivity contribution in [3.8, 4) is 0 Å². The molecule has 0 saturated heterocycles. The average molecular weight is 297 g/mol. The number of nitro benzene ring substituents is 1. The van der Waals surface area contributed by atoms with Gasteiger partial charge in [-0.15, -0.1) is 11.3 Å². The number of nitro groups is 1. The van der Waals surface area contributed by atoms with E-state index in [0.29, 0.717) is 5.56 Å². The molecule has 0 spiro atoms. The second kappa shape index (κ2) is 5.59. The average Bonchev–Trinajstić information content (AvgIpc) is 2.74. The molecule has 0 amide bonds. The SMILES string of the molecule is Cc1cc(N(C)Cc2ccc(Cl)s2)ccc1[N+](=O)[O-]. The van der Waals surface area contributed by atoms with E-state index in [1.165, 1.54) is 11.3 Å². The van der Waals surface area contributed by atoms with Crippen LogP contribution in [-0.2, 0) is 6.54 Å². The molecule has 0 aliphatic carbocycles. The van der Waals surface area contributed by atoms with Gasteiger partial charge in [0.15, 0.2) is 0 Å². The first-order valence-electron chi connectivity index (χ1n) is 5.68. The van der Waals surface area contributed by atoms with Crippen molar-refractivity contribution in [1.82, 2.24) is 0 Å². The van der Waals surface area contributed by atoms with E-state index in [4.69, 9.17) is 11.6 Å².